The normalized spacial score (nSPS) is 19.2. The molecule has 1 aliphatic rings. The van der Waals surface area contributed by atoms with Crippen molar-refractivity contribution in [1.82, 2.24) is 4.90 Å². The van der Waals surface area contributed by atoms with Crippen molar-refractivity contribution < 1.29 is 28.6 Å². The number of carbonyl (C=O) groups excluding carboxylic acids is 1. The highest BCUT2D eigenvalue weighted by atomic mass is 32.2. The standard InChI is InChI=1S/C21H25F2NO4S/c22-21(23,16-7-2-1-3-8-16)18(25)12-11-17-9-6-10-19(26)24(17)13-4-5-14-29-15-20(27)28/h1-5,7-8,11-12,17-18,25H,6,9-10,13-15H2,(H,27,28)/b5-4-,12-11+/t17-,18-/m1/s1. The molecule has 158 valence electrons. The number of halogens is 2. The smallest absolute Gasteiger partial charge is 0.313 e. The molecule has 29 heavy (non-hydrogen) atoms. The number of nitrogens with zero attached hydrogens (tertiary/aromatic N) is 1. The summed E-state index contributed by atoms with van der Waals surface area (Å²) in [7, 11) is 0. The van der Waals surface area contributed by atoms with Crippen LogP contribution in [0.25, 0.3) is 0 Å². The Bertz CT molecular complexity index is 739. The molecule has 0 spiro atoms. The van der Waals surface area contributed by atoms with Crippen molar-refractivity contribution in [2.24, 2.45) is 0 Å². The minimum absolute atomic E-state index is 0.00582. The Kier molecular flexibility index (Phi) is 8.85. The molecule has 1 fully saturated rings. The van der Waals surface area contributed by atoms with Gasteiger partial charge in [0.15, 0.2) is 0 Å². The van der Waals surface area contributed by atoms with Crippen molar-refractivity contribution in [3.63, 3.8) is 0 Å². The van der Waals surface area contributed by atoms with E-state index in [0.717, 1.165) is 6.08 Å². The first-order valence-electron chi connectivity index (χ1n) is 9.36. The van der Waals surface area contributed by atoms with Crippen molar-refractivity contribution in [1.29, 1.82) is 0 Å². The first kappa shape index (κ1) is 23.1. The van der Waals surface area contributed by atoms with Gasteiger partial charge in [0.2, 0.25) is 5.91 Å². The molecule has 0 aliphatic carbocycles. The summed E-state index contributed by atoms with van der Waals surface area (Å²) in [4.78, 5) is 24.3. The lowest BCUT2D eigenvalue weighted by molar-refractivity contribution is -0.135. The minimum Gasteiger partial charge on any atom is -0.481 e. The Morgan fingerprint density at radius 1 is 1.31 bits per heavy atom. The summed E-state index contributed by atoms with van der Waals surface area (Å²) in [5.74, 6) is -3.87. The molecule has 1 aromatic carbocycles. The van der Waals surface area contributed by atoms with E-state index in [1.807, 2.05) is 0 Å². The van der Waals surface area contributed by atoms with Gasteiger partial charge in [-0.05, 0) is 12.8 Å². The fraction of sp³-hybridized carbons (Fsp3) is 0.429. The second kappa shape index (κ2) is 11.1. The van der Waals surface area contributed by atoms with Crippen LogP contribution in [0.5, 0.6) is 0 Å². The monoisotopic (exact) mass is 425 g/mol. The van der Waals surface area contributed by atoms with Crippen LogP contribution in [0.2, 0.25) is 0 Å². The number of alkyl halides is 2. The van der Waals surface area contributed by atoms with Gasteiger partial charge in [-0.3, -0.25) is 9.59 Å². The van der Waals surface area contributed by atoms with Crippen LogP contribution in [-0.2, 0) is 15.5 Å². The maximum absolute atomic E-state index is 14.4. The number of piperidine rings is 1. The van der Waals surface area contributed by atoms with Crippen molar-refractivity contribution in [3.8, 4) is 0 Å². The van der Waals surface area contributed by atoms with Gasteiger partial charge < -0.3 is 15.1 Å². The number of amides is 1. The summed E-state index contributed by atoms with van der Waals surface area (Å²) >= 11 is 1.24. The average Bonchev–Trinajstić information content (AvgIpc) is 2.70. The van der Waals surface area contributed by atoms with Crippen LogP contribution < -0.4 is 0 Å². The first-order valence-corrected chi connectivity index (χ1v) is 10.5. The van der Waals surface area contributed by atoms with Gasteiger partial charge in [-0.1, -0.05) is 54.6 Å². The average molecular weight is 425 g/mol. The lowest BCUT2D eigenvalue weighted by atomic mass is 9.98. The van der Waals surface area contributed by atoms with E-state index in [-0.39, 0.29) is 23.3 Å². The van der Waals surface area contributed by atoms with Crippen LogP contribution in [0, 0.1) is 0 Å². The molecule has 2 atom stereocenters. The topological polar surface area (TPSA) is 77.8 Å². The second-order valence-corrected chi connectivity index (χ2v) is 7.73. The largest absolute Gasteiger partial charge is 0.481 e. The summed E-state index contributed by atoms with van der Waals surface area (Å²) in [6.45, 7) is 0.312. The van der Waals surface area contributed by atoms with Gasteiger partial charge in [-0.15, -0.1) is 11.8 Å². The van der Waals surface area contributed by atoms with Gasteiger partial charge in [-0.2, -0.15) is 8.78 Å². The summed E-state index contributed by atoms with van der Waals surface area (Å²) in [6.07, 6.45) is 5.80. The molecule has 0 saturated carbocycles. The summed E-state index contributed by atoms with van der Waals surface area (Å²) in [6, 6.07) is 6.77. The van der Waals surface area contributed by atoms with E-state index in [1.165, 1.54) is 42.1 Å². The molecule has 1 amide bonds. The second-order valence-electron chi connectivity index (χ2n) is 6.70. The Morgan fingerprint density at radius 3 is 2.72 bits per heavy atom. The Morgan fingerprint density at radius 2 is 2.03 bits per heavy atom. The van der Waals surface area contributed by atoms with Crippen LogP contribution in [0.15, 0.2) is 54.6 Å². The SMILES string of the molecule is O=C(O)CSC/C=C\CN1C(=O)CCC[C@@H]1/C=C/[C@@H](O)C(F)(F)c1ccccc1. The molecule has 2 N–H and O–H groups in total. The van der Waals surface area contributed by atoms with E-state index in [4.69, 9.17) is 5.11 Å². The van der Waals surface area contributed by atoms with Gasteiger partial charge in [0.05, 0.1) is 11.8 Å². The van der Waals surface area contributed by atoms with E-state index >= 15 is 0 Å². The Hall–Kier alpha value is -2.19. The van der Waals surface area contributed by atoms with Crippen LogP contribution in [0.1, 0.15) is 24.8 Å². The quantitative estimate of drug-likeness (QED) is 0.444. The summed E-state index contributed by atoms with van der Waals surface area (Å²) in [5, 5.41) is 18.6. The third-order valence-electron chi connectivity index (χ3n) is 4.57. The first-order chi connectivity index (χ1) is 13.8. The predicted octanol–water partition coefficient (Wildman–Crippen LogP) is 3.45. The molecule has 1 heterocycles. The lowest BCUT2D eigenvalue weighted by Gasteiger charge is -2.33. The predicted molar refractivity (Wildman–Crippen MR) is 109 cm³/mol. The zero-order valence-electron chi connectivity index (χ0n) is 15.9. The van der Waals surface area contributed by atoms with Crippen molar-refractivity contribution in [3.05, 3.63) is 60.2 Å². The van der Waals surface area contributed by atoms with Crippen LogP contribution in [-0.4, -0.2) is 57.2 Å². The fourth-order valence-corrected chi connectivity index (χ4v) is 3.60. The van der Waals surface area contributed by atoms with Gasteiger partial charge in [0, 0.05) is 24.3 Å². The molecule has 5 nitrogen and oxygen atoms in total. The van der Waals surface area contributed by atoms with E-state index in [9.17, 15) is 23.5 Å². The molecule has 1 aliphatic heterocycles. The van der Waals surface area contributed by atoms with Gasteiger partial charge >= 0.3 is 11.9 Å². The zero-order chi connectivity index (χ0) is 21.3. The van der Waals surface area contributed by atoms with E-state index in [1.54, 1.807) is 23.1 Å². The maximum atomic E-state index is 14.4. The molecule has 0 radical (unpaired) electrons. The molecule has 8 heteroatoms. The summed E-state index contributed by atoms with van der Waals surface area (Å²) < 4.78 is 28.8. The maximum Gasteiger partial charge on any atom is 0.313 e. The van der Waals surface area contributed by atoms with Crippen LogP contribution in [0.3, 0.4) is 0 Å². The molecular formula is C21H25F2NO4S. The minimum atomic E-state index is -3.43. The molecule has 0 bridgehead atoms. The summed E-state index contributed by atoms with van der Waals surface area (Å²) in [5.41, 5.74) is -0.268. The number of hydrogen-bond acceptors (Lipinski definition) is 4. The highest BCUT2D eigenvalue weighted by molar-refractivity contribution is 8.00. The third-order valence-corrected chi connectivity index (χ3v) is 5.44. The van der Waals surface area contributed by atoms with Gasteiger partial charge in [0.1, 0.15) is 6.10 Å². The number of thioether (sulfide) groups is 1. The van der Waals surface area contributed by atoms with Crippen molar-refractivity contribution in [2.75, 3.05) is 18.1 Å². The molecule has 1 saturated heterocycles. The van der Waals surface area contributed by atoms with Gasteiger partial charge in [-0.25, -0.2) is 0 Å². The van der Waals surface area contributed by atoms with Crippen molar-refractivity contribution >= 4 is 23.6 Å². The third kappa shape index (κ3) is 6.97. The van der Waals surface area contributed by atoms with Crippen molar-refractivity contribution in [2.45, 2.75) is 37.3 Å². The number of benzene rings is 1. The molecule has 0 unspecified atom stereocenters. The molecular weight excluding hydrogens is 400 g/mol. The van der Waals surface area contributed by atoms with E-state index < -0.39 is 18.0 Å². The number of aliphatic hydroxyl groups is 1. The molecule has 0 aromatic heterocycles. The number of hydrogen-bond donors (Lipinski definition) is 2. The number of aliphatic hydroxyl groups excluding tert-OH is 1. The zero-order valence-corrected chi connectivity index (χ0v) is 16.7. The Labute approximate surface area is 173 Å². The van der Waals surface area contributed by atoms with Crippen LogP contribution >= 0.6 is 11.8 Å². The van der Waals surface area contributed by atoms with E-state index in [2.05, 4.69) is 0 Å². The van der Waals surface area contributed by atoms with Crippen LogP contribution in [0.4, 0.5) is 8.78 Å². The van der Waals surface area contributed by atoms with E-state index in [0.29, 0.717) is 31.6 Å². The highest BCUT2D eigenvalue weighted by Gasteiger charge is 2.39. The molecule has 2 rings (SSSR count). The number of carboxylic acid groups (broad SMARTS) is 1. The molecule has 1 aromatic rings. The fourth-order valence-electron chi connectivity index (χ4n) is 3.04. The Balaban J connectivity index is 1.97. The number of carbonyl (C=O) groups is 2. The van der Waals surface area contributed by atoms with Gasteiger partial charge in [0.25, 0.3) is 0 Å². The lowest BCUT2D eigenvalue weighted by Crippen LogP contribution is -2.43. The number of likely N-dealkylation sites (tertiary alicyclic amines) is 1. The number of rotatable bonds is 10. The number of carboxylic acids is 1. The highest BCUT2D eigenvalue weighted by Crippen LogP contribution is 2.32. The number of aliphatic carboxylic acids is 1.